The van der Waals surface area contributed by atoms with E-state index in [1.54, 1.807) is 24.3 Å². The smallest absolute Gasteiger partial charge is 0.271 e. The lowest BCUT2D eigenvalue weighted by Crippen LogP contribution is -2.23. The Balaban J connectivity index is 2.05. The summed E-state index contributed by atoms with van der Waals surface area (Å²) in [6.45, 7) is 1.52. The highest BCUT2D eigenvalue weighted by molar-refractivity contribution is 7.90. The lowest BCUT2D eigenvalue weighted by atomic mass is 10.1. The summed E-state index contributed by atoms with van der Waals surface area (Å²) in [5.41, 5.74) is 0.243. The van der Waals surface area contributed by atoms with Crippen LogP contribution in [0.15, 0.2) is 47.4 Å². The van der Waals surface area contributed by atoms with Gasteiger partial charge < -0.3 is 15.0 Å². The van der Waals surface area contributed by atoms with E-state index in [1.807, 2.05) is 19.0 Å². The molecule has 0 fully saturated rings. The molecule has 0 aromatic heterocycles. The fraction of sp³-hybridized carbons (Fsp3) is 0.316. The van der Waals surface area contributed by atoms with Crippen molar-refractivity contribution in [1.82, 2.24) is 10.2 Å². The first-order valence-corrected chi connectivity index (χ1v) is 10.6. The number of hydrogen-bond acceptors (Lipinski definition) is 7. The zero-order valence-corrected chi connectivity index (χ0v) is 17.2. The number of amides is 1. The van der Waals surface area contributed by atoms with Gasteiger partial charge in [-0.3, -0.25) is 14.9 Å². The number of hydrogen-bond donors (Lipinski definition) is 1. The third kappa shape index (κ3) is 6.84. The normalized spacial score (nSPS) is 11.3. The van der Waals surface area contributed by atoms with E-state index in [1.165, 1.54) is 0 Å². The summed E-state index contributed by atoms with van der Waals surface area (Å²) < 4.78 is 29.1. The number of rotatable bonds is 9. The number of carbonyl (C=O) groups is 1. The predicted octanol–water partition coefficient (Wildman–Crippen LogP) is 1.87. The molecule has 0 aliphatic heterocycles. The van der Waals surface area contributed by atoms with Gasteiger partial charge in [-0.1, -0.05) is 12.1 Å². The van der Waals surface area contributed by atoms with Crippen molar-refractivity contribution in [2.45, 2.75) is 11.4 Å². The zero-order valence-electron chi connectivity index (χ0n) is 16.4. The number of nitro groups is 1. The van der Waals surface area contributed by atoms with Gasteiger partial charge in [0.05, 0.1) is 9.82 Å². The van der Waals surface area contributed by atoms with Gasteiger partial charge in [-0.05, 0) is 37.9 Å². The molecular formula is C19H23N3O6S. The molecule has 0 saturated carbocycles. The Morgan fingerprint density at radius 3 is 2.38 bits per heavy atom. The topological polar surface area (TPSA) is 119 Å². The van der Waals surface area contributed by atoms with Crippen molar-refractivity contribution in [3.63, 3.8) is 0 Å². The fourth-order valence-electron chi connectivity index (χ4n) is 2.37. The molecule has 29 heavy (non-hydrogen) atoms. The monoisotopic (exact) mass is 421 g/mol. The van der Waals surface area contributed by atoms with E-state index in [0.29, 0.717) is 12.4 Å². The molecular weight excluding hydrogens is 398 g/mol. The van der Waals surface area contributed by atoms with Crippen LogP contribution in [-0.2, 0) is 16.4 Å². The Morgan fingerprint density at radius 2 is 1.83 bits per heavy atom. The Hall–Kier alpha value is -2.98. The third-order valence-electron chi connectivity index (χ3n) is 3.98. The van der Waals surface area contributed by atoms with Crippen molar-refractivity contribution in [1.29, 1.82) is 0 Å². The third-order valence-corrected chi connectivity index (χ3v) is 5.07. The second kappa shape index (κ2) is 9.48. The van der Waals surface area contributed by atoms with Crippen LogP contribution in [0.25, 0.3) is 0 Å². The number of nitrogens with one attached hydrogen (secondary N) is 1. The van der Waals surface area contributed by atoms with Crippen LogP contribution in [0.4, 0.5) is 5.69 Å². The molecule has 156 valence electrons. The van der Waals surface area contributed by atoms with Crippen LogP contribution in [0, 0.1) is 10.1 Å². The van der Waals surface area contributed by atoms with E-state index < -0.39 is 26.4 Å². The van der Waals surface area contributed by atoms with Crippen molar-refractivity contribution in [3.05, 3.63) is 63.7 Å². The first-order valence-electron chi connectivity index (χ1n) is 8.70. The molecule has 0 atom stereocenters. The molecule has 0 spiro atoms. The van der Waals surface area contributed by atoms with Crippen LogP contribution >= 0.6 is 0 Å². The van der Waals surface area contributed by atoms with Gasteiger partial charge in [-0.2, -0.15) is 0 Å². The summed E-state index contributed by atoms with van der Waals surface area (Å²) in [5.74, 6) is 0.100. The number of carbonyl (C=O) groups excluding carboxylic acids is 1. The van der Waals surface area contributed by atoms with Gasteiger partial charge in [0.1, 0.15) is 12.4 Å². The summed E-state index contributed by atoms with van der Waals surface area (Å²) in [4.78, 5) is 24.4. The van der Waals surface area contributed by atoms with Crippen molar-refractivity contribution in [2.75, 3.05) is 33.5 Å². The van der Waals surface area contributed by atoms with Crippen molar-refractivity contribution in [2.24, 2.45) is 0 Å². The number of nitro benzene ring substituents is 1. The maximum atomic E-state index is 12.4. The van der Waals surface area contributed by atoms with Crippen LogP contribution in [0.5, 0.6) is 5.75 Å². The van der Waals surface area contributed by atoms with E-state index in [-0.39, 0.29) is 17.0 Å². The number of ether oxygens (including phenoxy) is 1. The highest BCUT2D eigenvalue weighted by Crippen LogP contribution is 2.21. The number of nitrogens with zero attached hydrogens (tertiary/aromatic N) is 2. The summed E-state index contributed by atoms with van der Waals surface area (Å²) in [6.07, 6.45) is 0.926. The van der Waals surface area contributed by atoms with Crippen LogP contribution in [0.2, 0.25) is 0 Å². The lowest BCUT2D eigenvalue weighted by molar-refractivity contribution is -0.385. The van der Waals surface area contributed by atoms with Gasteiger partial charge in [0.15, 0.2) is 9.84 Å². The zero-order chi connectivity index (χ0) is 21.6. The molecule has 0 aliphatic carbocycles. The van der Waals surface area contributed by atoms with E-state index in [9.17, 15) is 23.3 Å². The van der Waals surface area contributed by atoms with Gasteiger partial charge in [0.2, 0.25) is 0 Å². The maximum Gasteiger partial charge on any atom is 0.271 e. The molecule has 0 heterocycles. The molecule has 0 saturated heterocycles. The van der Waals surface area contributed by atoms with E-state index >= 15 is 0 Å². The van der Waals surface area contributed by atoms with Gasteiger partial charge in [-0.15, -0.1) is 0 Å². The number of sulfone groups is 1. The number of benzene rings is 2. The number of likely N-dealkylation sites (N-methyl/N-ethyl adjacent to an activating group) is 1. The molecule has 10 heteroatoms. The molecule has 1 N–H and O–H groups in total. The minimum atomic E-state index is -3.70. The second-order valence-electron chi connectivity index (χ2n) is 6.72. The highest BCUT2D eigenvalue weighted by Gasteiger charge is 2.19. The summed E-state index contributed by atoms with van der Waals surface area (Å²) in [5, 5.41) is 13.7. The van der Waals surface area contributed by atoms with Crippen molar-refractivity contribution >= 4 is 21.4 Å². The quantitative estimate of drug-likeness (QED) is 0.485. The summed E-state index contributed by atoms with van der Waals surface area (Å²) >= 11 is 0. The molecule has 1 amide bonds. The Bertz CT molecular complexity index is 988. The van der Waals surface area contributed by atoms with Crippen molar-refractivity contribution in [3.8, 4) is 5.75 Å². The van der Waals surface area contributed by atoms with Crippen LogP contribution in [0.3, 0.4) is 0 Å². The van der Waals surface area contributed by atoms with Crippen LogP contribution in [-0.4, -0.2) is 57.7 Å². The first-order chi connectivity index (χ1) is 13.6. The molecule has 2 aromatic rings. The predicted molar refractivity (Wildman–Crippen MR) is 108 cm³/mol. The second-order valence-corrected chi connectivity index (χ2v) is 8.74. The molecule has 2 aromatic carbocycles. The van der Waals surface area contributed by atoms with Gasteiger partial charge >= 0.3 is 0 Å². The van der Waals surface area contributed by atoms with Gasteiger partial charge in [-0.25, -0.2) is 8.42 Å². The van der Waals surface area contributed by atoms with E-state index in [2.05, 4.69) is 5.32 Å². The lowest BCUT2D eigenvalue weighted by Gasteiger charge is -2.11. The molecule has 0 aliphatic rings. The average molecular weight is 421 g/mol. The SMILES string of the molecule is CN(C)CCOc1ccc(CNC(=O)c2cc([N+](=O)[O-])cc(S(C)(=O)=O)c2)cc1. The largest absolute Gasteiger partial charge is 0.492 e. The average Bonchev–Trinajstić information content (AvgIpc) is 2.65. The van der Waals surface area contributed by atoms with Gasteiger partial charge in [0.25, 0.3) is 11.6 Å². The summed E-state index contributed by atoms with van der Waals surface area (Å²) in [7, 11) is 0.206. The van der Waals surface area contributed by atoms with Gasteiger partial charge in [0, 0.05) is 37.0 Å². The van der Waals surface area contributed by atoms with E-state index in [4.69, 9.17) is 4.74 Å². The van der Waals surface area contributed by atoms with Crippen LogP contribution < -0.4 is 10.1 Å². The van der Waals surface area contributed by atoms with Crippen LogP contribution in [0.1, 0.15) is 15.9 Å². The number of non-ortho nitro benzene ring substituents is 1. The Morgan fingerprint density at radius 1 is 1.17 bits per heavy atom. The minimum absolute atomic E-state index is 0.0942. The molecule has 0 radical (unpaired) electrons. The summed E-state index contributed by atoms with van der Waals surface area (Å²) in [6, 6.07) is 10.3. The Labute approximate surface area is 169 Å². The maximum absolute atomic E-state index is 12.4. The first kappa shape index (κ1) is 22.3. The molecule has 0 unspecified atom stereocenters. The van der Waals surface area contributed by atoms with Crippen molar-refractivity contribution < 1.29 is 22.9 Å². The minimum Gasteiger partial charge on any atom is -0.492 e. The standard InChI is InChI=1S/C19H23N3O6S/c1-21(2)8-9-28-17-6-4-14(5-7-17)13-20-19(23)15-10-16(22(24)25)12-18(11-15)29(3,26)27/h4-7,10-12H,8-9,13H2,1-3H3,(H,20,23). The molecule has 2 rings (SSSR count). The molecule has 9 nitrogen and oxygen atoms in total. The van der Waals surface area contributed by atoms with E-state index in [0.717, 1.165) is 36.6 Å². The molecule has 0 bridgehead atoms. The fourth-order valence-corrected chi connectivity index (χ4v) is 3.04. The highest BCUT2D eigenvalue weighted by atomic mass is 32.2. The Kier molecular flexibility index (Phi) is 7.29.